The van der Waals surface area contributed by atoms with E-state index in [1.807, 2.05) is 0 Å². The average molecular weight is 340 g/mol. The van der Waals surface area contributed by atoms with Crippen LogP contribution in [0.3, 0.4) is 0 Å². The highest BCUT2D eigenvalue weighted by molar-refractivity contribution is 7.93. The van der Waals surface area contributed by atoms with Crippen molar-refractivity contribution in [3.63, 3.8) is 0 Å². The predicted molar refractivity (Wildman–Crippen MR) is 85.1 cm³/mol. The Hall–Kier alpha value is -1.58. The van der Waals surface area contributed by atoms with Crippen LogP contribution < -0.4 is 10.5 Å². The lowest BCUT2D eigenvalue weighted by Crippen LogP contribution is -2.21. The molecule has 9 heteroatoms. The fourth-order valence-corrected chi connectivity index (χ4v) is 4.88. The molecule has 0 aliphatic heterocycles. The van der Waals surface area contributed by atoms with Gasteiger partial charge in [-0.25, -0.2) is 13.4 Å². The van der Waals surface area contributed by atoms with Crippen molar-refractivity contribution in [3.8, 4) is 0 Å². The number of sulfonamides is 1. The van der Waals surface area contributed by atoms with Gasteiger partial charge in [0.15, 0.2) is 5.13 Å². The van der Waals surface area contributed by atoms with Crippen LogP contribution in [0.2, 0.25) is 0 Å². The summed E-state index contributed by atoms with van der Waals surface area (Å²) in [5, 5.41) is 0.373. The molecule has 0 bridgehead atoms. The summed E-state index contributed by atoms with van der Waals surface area (Å²) in [6.45, 7) is 0. The zero-order chi connectivity index (χ0) is 15.0. The summed E-state index contributed by atoms with van der Waals surface area (Å²) in [6.07, 6.45) is 4.39. The lowest BCUT2D eigenvalue weighted by molar-refractivity contribution is 0.600. The molecule has 1 aliphatic rings. The summed E-state index contributed by atoms with van der Waals surface area (Å²) in [5.74, 6) is 0. The number of aromatic nitrogens is 2. The second-order valence-electron chi connectivity index (χ2n) is 4.56. The maximum Gasteiger partial charge on any atom is 0.265 e. The quantitative estimate of drug-likeness (QED) is 0.818. The highest BCUT2D eigenvalue weighted by atomic mass is 32.2. The first-order valence-corrected chi connectivity index (χ1v) is 8.94. The number of fused-ring (bicyclic) bond motifs is 1. The molecule has 0 fully saturated rings. The number of hydrogen-bond acceptors (Lipinski definition) is 6. The van der Waals surface area contributed by atoms with Crippen LogP contribution in [0.5, 0.6) is 0 Å². The van der Waals surface area contributed by atoms with E-state index in [1.165, 1.54) is 29.7 Å². The molecule has 2 heterocycles. The van der Waals surface area contributed by atoms with Gasteiger partial charge < -0.3 is 5.73 Å². The van der Waals surface area contributed by atoms with Crippen LogP contribution in [0.25, 0.3) is 0 Å². The van der Waals surface area contributed by atoms with Gasteiger partial charge in [-0.3, -0.25) is 9.71 Å². The fraction of sp³-hybridized carbons (Fsp3) is 0.250. The minimum atomic E-state index is -3.81. The summed E-state index contributed by atoms with van der Waals surface area (Å²) in [4.78, 5) is 9.31. The van der Waals surface area contributed by atoms with Crippen molar-refractivity contribution >= 4 is 43.7 Å². The molecule has 3 N–H and O–H groups in total. The Kier molecular flexibility index (Phi) is 3.64. The van der Waals surface area contributed by atoms with Gasteiger partial charge in [-0.05, 0) is 31.4 Å². The van der Waals surface area contributed by atoms with Crippen LogP contribution >= 0.6 is 23.6 Å². The average Bonchev–Trinajstić information content (AvgIpc) is 2.99. The molecule has 0 saturated carbocycles. The van der Waals surface area contributed by atoms with E-state index < -0.39 is 10.0 Å². The SMILES string of the molecule is NC(=S)c1ncccc1S(=O)(=O)Nc1nc2c(s1)CCC2. The van der Waals surface area contributed by atoms with E-state index in [2.05, 4.69) is 14.7 Å². The van der Waals surface area contributed by atoms with Gasteiger partial charge in [-0.2, -0.15) is 0 Å². The van der Waals surface area contributed by atoms with Gasteiger partial charge in [0, 0.05) is 11.1 Å². The molecule has 2 aromatic heterocycles. The van der Waals surface area contributed by atoms with Crippen LogP contribution in [-0.4, -0.2) is 23.4 Å². The minimum Gasteiger partial charge on any atom is -0.388 e. The van der Waals surface area contributed by atoms with Gasteiger partial charge in [-0.15, -0.1) is 11.3 Å². The summed E-state index contributed by atoms with van der Waals surface area (Å²) in [6, 6.07) is 2.95. The molecular formula is C12H12N4O2S3. The molecule has 0 radical (unpaired) electrons. The number of pyridine rings is 1. The third kappa shape index (κ3) is 2.76. The lowest BCUT2D eigenvalue weighted by Gasteiger charge is -2.08. The molecule has 110 valence electrons. The standard InChI is InChI=1S/C12H12N4O2S3/c13-11(19)10-9(5-2-6-14-10)21(17,18)16-12-15-7-3-1-4-8(7)20-12/h2,5-6H,1,3-4H2,(H2,13,19)(H,15,16). The van der Waals surface area contributed by atoms with Crippen LogP contribution in [-0.2, 0) is 22.9 Å². The minimum absolute atomic E-state index is 0.0344. The number of thiocarbonyl (C=S) groups is 1. The predicted octanol–water partition coefficient (Wildman–Crippen LogP) is 1.46. The number of rotatable bonds is 4. The van der Waals surface area contributed by atoms with Gasteiger partial charge in [0.2, 0.25) is 0 Å². The van der Waals surface area contributed by atoms with E-state index in [1.54, 1.807) is 0 Å². The number of aryl methyl sites for hydroxylation is 2. The van der Waals surface area contributed by atoms with Crippen LogP contribution in [0.15, 0.2) is 23.2 Å². The molecule has 0 aromatic carbocycles. The van der Waals surface area contributed by atoms with Gasteiger partial charge in [-0.1, -0.05) is 12.2 Å². The molecular weight excluding hydrogens is 328 g/mol. The highest BCUT2D eigenvalue weighted by Gasteiger charge is 2.24. The highest BCUT2D eigenvalue weighted by Crippen LogP contribution is 2.31. The third-order valence-corrected chi connectivity index (χ3v) is 5.88. The first kappa shape index (κ1) is 14.4. The molecule has 3 rings (SSSR count). The Morgan fingerprint density at radius 3 is 2.95 bits per heavy atom. The number of hydrogen-bond donors (Lipinski definition) is 2. The van der Waals surface area contributed by atoms with E-state index in [4.69, 9.17) is 18.0 Å². The van der Waals surface area contributed by atoms with Crippen molar-refractivity contribution in [3.05, 3.63) is 34.6 Å². The Labute approximate surface area is 131 Å². The molecule has 0 saturated heterocycles. The maximum absolute atomic E-state index is 12.5. The molecule has 2 aromatic rings. The van der Waals surface area contributed by atoms with E-state index in [9.17, 15) is 8.42 Å². The largest absolute Gasteiger partial charge is 0.388 e. The van der Waals surface area contributed by atoms with Crippen molar-refractivity contribution in [2.45, 2.75) is 24.2 Å². The van der Waals surface area contributed by atoms with Crippen LogP contribution in [0, 0.1) is 0 Å². The van der Waals surface area contributed by atoms with E-state index >= 15 is 0 Å². The van der Waals surface area contributed by atoms with Crippen molar-refractivity contribution < 1.29 is 8.42 Å². The van der Waals surface area contributed by atoms with Crippen molar-refractivity contribution in [2.75, 3.05) is 4.72 Å². The topological polar surface area (TPSA) is 98.0 Å². The Bertz CT molecular complexity index is 792. The monoisotopic (exact) mass is 340 g/mol. The van der Waals surface area contributed by atoms with E-state index in [0.717, 1.165) is 29.8 Å². The number of thiazole rings is 1. The summed E-state index contributed by atoms with van der Waals surface area (Å²) < 4.78 is 27.4. The Morgan fingerprint density at radius 1 is 1.43 bits per heavy atom. The van der Waals surface area contributed by atoms with E-state index in [-0.39, 0.29) is 15.6 Å². The third-order valence-electron chi connectivity index (χ3n) is 3.11. The van der Waals surface area contributed by atoms with Crippen molar-refractivity contribution in [1.29, 1.82) is 0 Å². The van der Waals surface area contributed by atoms with Gasteiger partial charge >= 0.3 is 0 Å². The molecule has 21 heavy (non-hydrogen) atoms. The zero-order valence-electron chi connectivity index (χ0n) is 10.9. The van der Waals surface area contributed by atoms with Gasteiger partial charge in [0.05, 0.1) is 5.69 Å². The lowest BCUT2D eigenvalue weighted by atomic mass is 10.3. The molecule has 0 amide bonds. The second-order valence-corrected chi connectivity index (χ2v) is 7.74. The summed E-state index contributed by atoms with van der Waals surface area (Å²) >= 11 is 6.22. The number of nitrogens with two attached hydrogens (primary N) is 1. The molecule has 0 spiro atoms. The van der Waals surface area contributed by atoms with Gasteiger partial charge in [0.1, 0.15) is 15.6 Å². The Balaban J connectivity index is 1.95. The molecule has 1 aliphatic carbocycles. The molecule has 0 unspecified atom stereocenters. The van der Waals surface area contributed by atoms with Gasteiger partial charge in [0.25, 0.3) is 10.0 Å². The van der Waals surface area contributed by atoms with Crippen molar-refractivity contribution in [1.82, 2.24) is 9.97 Å². The van der Waals surface area contributed by atoms with E-state index in [0.29, 0.717) is 5.13 Å². The summed E-state index contributed by atoms with van der Waals surface area (Å²) in [5.41, 5.74) is 6.60. The number of nitrogens with zero attached hydrogens (tertiary/aromatic N) is 2. The smallest absolute Gasteiger partial charge is 0.265 e. The van der Waals surface area contributed by atoms with Crippen molar-refractivity contribution in [2.24, 2.45) is 5.73 Å². The first-order chi connectivity index (χ1) is 9.97. The second kappa shape index (κ2) is 5.32. The fourth-order valence-electron chi connectivity index (χ4n) is 2.20. The normalized spacial score (nSPS) is 13.9. The van der Waals surface area contributed by atoms with Crippen LogP contribution in [0.1, 0.15) is 22.7 Å². The first-order valence-electron chi connectivity index (χ1n) is 6.23. The summed E-state index contributed by atoms with van der Waals surface area (Å²) in [7, 11) is -3.81. The molecule has 0 atom stereocenters. The zero-order valence-corrected chi connectivity index (χ0v) is 13.3. The maximum atomic E-state index is 12.5. The number of nitrogens with one attached hydrogen (secondary N) is 1. The number of anilines is 1. The Morgan fingerprint density at radius 2 is 2.24 bits per heavy atom. The molecule has 6 nitrogen and oxygen atoms in total. The van der Waals surface area contributed by atoms with Crippen LogP contribution in [0.4, 0.5) is 5.13 Å².